The van der Waals surface area contributed by atoms with Crippen LogP contribution in [0.25, 0.3) is 11.4 Å². The van der Waals surface area contributed by atoms with E-state index in [4.69, 9.17) is 4.52 Å². The number of aliphatic hydroxyl groups is 1. The second-order valence-corrected chi connectivity index (χ2v) is 7.39. The fraction of sp³-hybridized carbons (Fsp3) is 0.318. The number of aromatic nitrogens is 2. The minimum absolute atomic E-state index is 0.00943. The first-order valence-electron chi connectivity index (χ1n) is 9.69. The van der Waals surface area contributed by atoms with E-state index in [1.807, 2.05) is 62.4 Å². The summed E-state index contributed by atoms with van der Waals surface area (Å²) in [6.07, 6.45) is -0.886. The standard InChI is InChI=1S/C22H26N4O4/c1-15-8-7-11-19(16(15)2)23-20(28)14-25(3)12-18(27)13-26-21(24-30-22(26)29)17-9-5-4-6-10-17/h4-11,18,27H,12-14H2,1-3H3,(H,23,28). The molecule has 8 heteroatoms. The third-order valence-electron chi connectivity index (χ3n) is 4.93. The molecule has 1 unspecified atom stereocenters. The molecule has 0 aliphatic rings. The molecule has 0 saturated carbocycles. The molecule has 3 aromatic rings. The Bertz CT molecular complexity index is 1060. The Balaban J connectivity index is 1.58. The molecule has 0 radical (unpaired) electrons. The van der Waals surface area contributed by atoms with E-state index in [2.05, 4.69) is 10.5 Å². The van der Waals surface area contributed by atoms with Gasteiger partial charge in [-0.15, -0.1) is 0 Å². The molecule has 0 fully saturated rings. The van der Waals surface area contributed by atoms with Crippen LogP contribution in [-0.4, -0.2) is 51.9 Å². The first kappa shape index (κ1) is 21.5. The Morgan fingerprint density at radius 1 is 1.20 bits per heavy atom. The van der Waals surface area contributed by atoms with Crippen LogP contribution in [0.1, 0.15) is 11.1 Å². The molecule has 2 N–H and O–H groups in total. The van der Waals surface area contributed by atoms with Gasteiger partial charge in [-0.1, -0.05) is 47.6 Å². The molecule has 3 rings (SSSR count). The van der Waals surface area contributed by atoms with E-state index >= 15 is 0 Å². The zero-order valence-corrected chi connectivity index (χ0v) is 17.3. The van der Waals surface area contributed by atoms with Gasteiger partial charge in [0.05, 0.1) is 19.2 Å². The molecule has 0 bridgehead atoms. The number of carbonyl (C=O) groups excluding carboxylic acids is 1. The lowest BCUT2D eigenvalue weighted by Gasteiger charge is -2.20. The molecular weight excluding hydrogens is 384 g/mol. The van der Waals surface area contributed by atoms with Crippen molar-refractivity contribution in [2.24, 2.45) is 0 Å². The maximum atomic E-state index is 12.4. The number of anilines is 1. The first-order chi connectivity index (χ1) is 14.3. The highest BCUT2D eigenvalue weighted by atomic mass is 16.5. The first-order valence-corrected chi connectivity index (χ1v) is 9.69. The van der Waals surface area contributed by atoms with Crippen LogP contribution in [0, 0.1) is 13.8 Å². The lowest BCUT2D eigenvalue weighted by Crippen LogP contribution is -2.38. The van der Waals surface area contributed by atoms with Gasteiger partial charge in [0.1, 0.15) is 0 Å². The van der Waals surface area contributed by atoms with E-state index in [1.54, 1.807) is 11.9 Å². The second-order valence-electron chi connectivity index (χ2n) is 7.39. The maximum Gasteiger partial charge on any atom is 0.441 e. The number of likely N-dealkylation sites (N-methyl/N-ethyl adjacent to an activating group) is 1. The minimum atomic E-state index is -0.886. The molecule has 8 nitrogen and oxygen atoms in total. The summed E-state index contributed by atoms with van der Waals surface area (Å²) in [6.45, 7) is 4.26. The van der Waals surface area contributed by atoms with Crippen molar-refractivity contribution in [1.29, 1.82) is 0 Å². The Morgan fingerprint density at radius 2 is 1.93 bits per heavy atom. The summed E-state index contributed by atoms with van der Waals surface area (Å²) in [6, 6.07) is 14.9. The normalized spacial score (nSPS) is 12.2. The number of benzene rings is 2. The van der Waals surface area contributed by atoms with Gasteiger partial charge >= 0.3 is 5.76 Å². The number of hydrogen-bond donors (Lipinski definition) is 2. The monoisotopic (exact) mass is 410 g/mol. The van der Waals surface area contributed by atoms with E-state index in [-0.39, 0.29) is 25.5 Å². The van der Waals surface area contributed by atoms with Crippen LogP contribution in [0.4, 0.5) is 5.69 Å². The molecule has 1 heterocycles. The molecule has 30 heavy (non-hydrogen) atoms. The Hall–Kier alpha value is -3.23. The van der Waals surface area contributed by atoms with Crippen molar-refractivity contribution >= 4 is 11.6 Å². The number of rotatable bonds is 8. The van der Waals surface area contributed by atoms with Gasteiger partial charge in [0, 0.05) is 17.8 Å². The Morgan fingerprint density at radius 3 is 2.67 bits per heavy atom. The summed E-state index contributed by atoms with van der Waals surface area (Å²) in [4.78, 5) is 26.1. The van der Waals surface area contributed by atoms with Crippen molar-refractivity contribution in [3.8, 4) is 11.4 Å². The predicted molar refractivity (Wildman–Crippen MR) is 114 cm³/mol. The number of hydrogen-bond acceptors (Lipinski definition) is 6. The van der Waals surface area contributed by atoms with Gasteiger partial charge in [-0.3, -0.25) is 18.8 Å². The van der Waals surface area contributed by atoms with Gasteiger partial charge in [0.25, 0.3) is 0 Å². The van der Waals surface area contributed by atoms with Crippen molar-refractivity contribution in [2.75, 3.05) is 25.5 Å². The molecule has 0 saturated heterocycles. The van der Waals surface area contributed by atoms with Crippen molar-refractivity contribution in [3.63, 3.8) is 0 Å². The van der Waals surface area contributed by atoms with Crippen LogP contribution in [-0.2, 0) is 11.3 Å². The van der Waals surface area contributed by atoms with E-state index < -0.39 is 11.9 Å². The largest absolute Gasteiger partial charge is 0.441 e. The van der Waals surface area contributed by atoms with Gasteiger partial charge in [-0.25, -0.2) is 4.79 Å². The Labute approximate surface area is 174 Å². The van der Waals surface area contributed by atoms with Gasteiger partial charge < -0.3 is 10.4 Å². The number of aryl methyl sites for hydroxylation is 1. The topological polar surface area (TPSA) is 101 Å². The third-order valence-corrected chi connectivity index (χ3v) is 4.93. The van der Waals surface area contributed by atoms with Crippen LogP contribution >= 0.6 is 0 Å². The SMILES string of the molecule is Cc1cccc(NC(=O)CN(C)CC(O)Cn2c(-c3ccccc3)noc2=O)c1C. The lowest BCUT2D eigenvalue weighted by molar-refractivity contribution is -0.117. The summed E-state index contributed by atoms with van der Waals surface area (Å²) in [5, 5.41) is 17.2. The maximum absolute atomic E-state index is 12.4. The zero-order chi connectivity index (χ0) is 21.7. The van der Waals surface area contributed by atoms with Crippen LogP contribution in [0.3, 0.4) is 0 Å². The van der Waals surface area contributed by atoms with E-state index in [0.717, 1.165) is 22.4 Å². The molecule has 158 valence electrons. The van der Waals surface area contributed by atoms with Gasteiger partial charge in [-0.05, 0) is 38.1 Å². The number of aliphatic hydroxyl groups excluding tert-OH is 1. The average molecular weight is 410 g/mol. The van der Waals surface area contributed by atoms with E-state index in [0.29, 0.717) is 5.82 Å². The molecule has 0 aliphatic carbocycles. The molecule has 2 aromatic carbocycles. The van der Waals surface area contributed by atoms with Gasteiger partial charge in [-0.2, -0.15) is 0 Å². The quantitative estimate of drug-likeness (QED) is 0.590. The highest BCUT2D eigenvalue weighted by molar-refractivity contribution is 5.93. The molecule has 0 aliphatic heterocycles. The summed E-state index contributed by atoms with van der Waals surface area (Å²) >= 11 is 0. The van der Waals surface area contributed by atoms with E-state index in [1.165, 1.54) is 4.57 Å². The van der Waals surface area contributed by atoms with Gasteiger partial charge in [0.15, 0.2) is 5.82 Å². The molecule has 1 amide bonds. The summed E-state index contributed by atoms with van der Waals surface area (Å²) < 4.78 is 6.07. The number of nitrogens with one attached hydrogen (secondary N) is 1. The zero-order valence-electron chi connectivity index (χ0n) is 17.3. The predicted octanol–water partition coefficient (Wildman–Crippen LogP) is 2.05. The molecular formula is C22H26N4O4. The van der Waals surface area contributed by atoms with Crippen molar-refractivity contribution < 1.29 is 14.4 Å². The molecule has 0 spiro atoms. The molecule has 1 atom stereocenters. The summed E-state index contributed by atoms with van der Waals surface area (Å²) in [7, 11) is 1.74. The second kappa shape index (κ2) is 9.51. The highest BCUT2D eigenvalue weighted by Gasteiger charge is 2.18. The fourth-order valence-electron chi connectivity index (χ4n) is 3.24. The van der Waals surface area contributed by atoms with Crippen LogP contribution in [0.15, 0.2) is 57.8 Å². The van der Waals surface area contributed by atoms with Crippen molar-refractivity contribution in [1.82, 2.24) is 14.6 Å². The van der Waals surface area contributed by atoms with Crippen LogP contribution in [0.5, 0.6) is 0 Å². The fourth-order valence-corrected chi connectivity index (χ4v) is 3.24. The minimum Gasteiger partial charge on any atom is -0.390 e. The number of nitrogens with zero attached hydrogens (tertiary/aromatic N) is 3. The van der Waals surface area contributed by atoms with Crippen molar-refractivity contribution in [3.05, 3.63) is 70.2 Å². The van der Waals surface area contributed by atoms with Crippen molar-refractivity contribution in [2.45, 2.75) is 26.5 Å². The van der Waals surface area contributed by atoms with Crippen LogP contribution < -0.4 is 11.1 Å². The third kappa shape index (κ3) is 5.22. The number of carbonyl (C=O) groups is 1. The average Bonchev–Trinajstić information content (AvgIpc) is 3.06. The molecule has 1 aromatic heterocycles. The summed E-state index contributed by atoms with van der Waals surface area (Å²) in [5.41, 5.74) is 3.62. The lowest BCUT2D eigenvalue weighted by atomic mass is 10.1. The smallest absolute Gasteiger partial charge is 0.390 e. The van der Waals surface area contributed by atoms with Crippen LogP contribution in [0.2, 0.25) is 0 Å². The number of amides is 1. The summed E-state index contributed by atoms with van der Waals surface area (Å²) in [5.74, 6) is -0.455. The highest BCUT2D eigenvalue weighted by Crippen LogP contribution is 2.18. The Kier molecular flexibility index (Phi) is 6.81. The van der Waals surface area contributed by atoms with E-state index in [9.17, 15) is 14.7 Å². The van der Waals surface area contributed by atoms with Gasteiger partial charge in [0.2, 0.25) is 5.91 Å².